The zero-order valence-corrected chi connectivity index (χ0v) is 26.3. The Morgan fingerprint density at radius 1 is 0.521 bits per heavy atom. The second-order valence-electron chi connectivity index (χ2n) is 9.61. The molecule has 0 aliphatic heterocycles. The maximum Gasteiger partial charge on any atom is 0.516 e. The van der Waals surface area contributed by atoms with Gasteiger partial charge in [-0.1, -0.05) is 13.2 Å². The minimum Gasteiger partial charge on any atom is -0.425 e. The van der Waals surface area contributed by atoms with E-state index in [1.165, 1.54) is 48.5 Å². The summed E-state index contributed by atoms with van der Waals surface area (Å²) in [5, 5.41) is 0. The molecular weight excluding hydrogens is 632 g/mol. The highest BCUT2D eigenvalue weighted by atomic mass is 16.8. The highest BCUT2D eigenvalue weighted by molar-refractivity contribution is 5.93. The predicted molar refractivity (Wildman–Crippen MR) is 165 cm³/mol. The van der Waals surface area contributed by atoms with Gasteiger partial charge in [0.1, 0.15) is 23.0 Å². The topological polar surface area (TPSA) is 176 Å². The van der Waals surface area contributed by atoms with Gasteiger partial charge in [-0.2, -0.15) is 0 Å². The summed E-state index contributed by atoms with van der Waals surface area (Å²) in [7, 11) is 0. The molecular formula is C34H30O14. The van der Waals surface area contributed by atoms with E-state index in [2.05, 4.69) is 32.1 Å². The lowest BCUT2D eigenvalue weighted by Gasteiger charge is -2.14. The Balaban J connectivity index is 1.60. The molecule has 48 heavy (non-hydrogen) atoms. The van der Waals surface area contributed by atoms with Crippen molar-refractivity contribution in [1.29, 1.82) is 0 Å². The standard InChI is InChI=1S/C34H30O14/c1-7-29(35)41-17-43-33(39)47-25-11-9-23(15-19(25)3)31(37)45-27-13-14-28(22(6)21(27)5)46-32(38)24-10-12-26(20(4)16-24)48-34(40)44-18-42-30(36)8-2/h7-16H,1-2,17-18H2,3-6H3. The second kappa shape index (κ2) is 16.7. The van der Waals surface area contributed by atoms with E-state index in [9.17, 15) is 28.8 Å². The molecule has 0 amide bonds. The third-order valence-corrected chi connectivity index (χ3v) is 6.39. The van der Waals surface area contributed by atoms with Gasteiger partial charge < -0.3 is 37.9 Å². The second-order valence-corrected chi connectivity index (χ2v) is 9.61. The van der Waals surface area contributed by atoms with Gasteiger partial charge >= 0.3 is 36.2 Å². The van der Waals surface area contributed by atoms with Crippen LogP contribution in [0.2, 0.25) is 0 Å². The number of rotatable bonds is 12. The number of hydrogen-bond acceptors (Lipinski definition) is 14. The van der Waals surface area contributed by atoms with Gasteiger partial charge in [-0.3, -0.25) is 0 Å². The molecule has 3 aromatic rings. The summed E-state index contributed by atoms with van der Waals surface area (Å²) in [6.07, 6.45) is -0.431. The van der Waals surface area contributed by atoms with Crippen LogP contribution in [-0.4, -0.2) is 49.8 Å². The van der Waals surface area contributed by atoms with Gasteiger partial charge in [0.05, 0.1) is 11.1 Å². The first kappa shape index (κ1) is 36.0. The normalized spacial score (nSPS) is 10.1. The zero-order chi connectivity index (χ0) is 35.4. The summed E-state index contributed by atoms with van der Waals surface area (Å²) >= 11 is 0. The molecule has 0 unspecified atom stereocenters. The maximum absolute atomic E-state index is 12.9. The first-order valence-corrected chi connectivity index (χ1v) is 13.9. The van der Waals surface area contributed by atoms with E-state index in [0.717, 1.165) is 12.2 Å². The smallest absolute Gasteiger partial charge is 0.425 e. The van der Waals surface area contributed by atoms with E-state index >= 15 is 0 Å². The fourth-order valence-electron chi connectivity index (χ4n) is 3.72. The van der Waals surface area contributed by atoms with Crippen molar-refractivity contribution in [2.75, 3.05) is 13.6 Å². The van der Waals surface area contributed by atoms with E-state index in [4.69, 9.17) is 18.9 Å². The minimum atomic E-state index is -1.12. The predicted octanol–water partition coefficient (Wildman–Crippen LogP) is 5.76. The molecule has 3 rings (SSSR count). The van der Waals surface area contributed by atoms with E-state index in [1.807, 2.05) is 0 Å². The Morgan fingerprint density at radius 3 is 1.21 bits per heavy atom. The molecule has 0 saturated carbocycles. The Bertz CT molecular complexity index is 1640. The highest BCUT2D eigenvalue weighted by Gasteiger charge is 2.19. The summed E-state index contributed by atoms with van der Waals surface area (Å²) in [4.78, 5) is 71.5. The largest absolute Gasteiger partial charge is 0.516 e. The zero-order valence-electron chi connectivity index (χ0n) is 26.3. The van der Waals surface area contributed by atoms with Gasteiger partial charge in [0.2, 0.25) is 13.6 Å². The van der Waals surface area contributed by atoms with Crippen molar-refractivity contribution in [3.05, 3.63) is 107 Å². The van der Waals surface area contributed by atoms with Gasteiger partial charge in [-0.05, 0) is 98.5 Å². The van der Waals surface area contributed by atoms with Gasteiger partial charge in [0.25, 0.3) is 0 Å². The Kier molecular flexibility index (Phi) is 12.6. The van der Waals surface area contributed by atoms with Crippen molar-refractivity contribution in [1.82, 2.24) is 0 Å². The van der Waals surface area contributed by atoms with Gasteiger partial charge in [-0.15, -0.1) is 0 Å². The Morgan fingerprint density at radius 2 is 0.875 bits per heavy atom. The number of benzene rings is 3. The summed E-state index contributed by atoms with van der Waals surface area (Å²) in [6, 6.07) is 11.4. The molecule has 0 bridgehead atoms. The average Bonchev–Trinajstić information content (AvgIpc) is 3.05. The monoisotopic (exact) mass is 662 g/mol. The van der Waals surface area contributed by atoms with Crippen LogP contribution in [0.25, 0.3) is 0 Å². The Hall–Kier alpha value is -6.44. The number of esters is 4. The highest BCUT2D eigenvalue weighted by Crippen LogP contribution is 2.31. The fourth-order valence-corrected chi connectivity index (χ4v) is 3.72. The maximum atomic E-state index is 12.9. The summed E-state index contributed by atoms with van der Waals surface area (Å²) < 4.78 is 39.6. The van der Waals surface area contributed by atoms with Crippen LogP contribution >= 0.6 is 0 Å². The van der Waals surface area contributed by atoms with Crippen molar-refractivity contribution >= 4 is 36.2 Å². The van der Waals surface area contributed by atoms with Crippen molar-refractivity contribution in [2.24, 2.45) is 0 Å². The molecule has 0 N–H and O–H groups in total. The van der Waals surface area contributed by atoms with E-state index in [1.54, 1.807) is 27.7 Å². The van der Waals surface area contributed by atoms with Gasteiger partial charge in [-0.25, -0.2) is 28.8 Å². The van der Waals surface area contributed by atoms with Crippen molar-refractivity contribution in [3.63, 3.8) is 0 Å². The summed E-state index contributed by atoms with van der Waals surface area (Å²) in [5.74, 6) is -2.30. The average molecular weight is 663 g/mol. The van der Waals surface area contributed by atoms with Crippen LogP contribution in [0, 0.1) is 27.7 Å². The number of carbonyl (C=O) groups is 6. The quantitative estimate of drug-likeness (QED) is 0.0751. The van der Waals surface area contributed by atoms with Crippen molar-refractivity contribution in [3.8, 4) is 23.0 Å². The third kappa shape index (κ3) is 10.0. The van der Waals surface area contributed by atoms with Crippen LogP contribution in [0.15, 0.2) is 73.8 Å². The molecule has 0 aliphatic carbocycles. The summed E-state index contributed by atoms with van der Waals surface area (Å²) in [6.45, 7) is 11.7. The lowest BCUT2D eigenvalue weighted by Crippen LogP contribution is -2.16. The SMILES string of the molecule is C=CC(=O)OCOC(=O)Oc1ccc(C(=O)Oc2ccc(OC(=O)c3ccc(OC(=O)OCOC(=O)C=C)c(C)c3)c(C)c2C)cc1C. The van der Waals surface area contributed by atoms with Gasteiger partial charge in [0, 0.05) is 12.2 Å². The molecule has 0 aromatic heterocycles. The first-order valence-electron chi connectivity index (χ1n) is 13.9. The fraction of sp³-hybridized carbons (Fsp3) is 0.176. The number of carbonyl (C=O) groups excluding carboxylic acids is 6. The van der Waals surface area contributed by atoms with Crippen LogP contribution in [0.1, 0.15) is 43.0 Å². The third-order valence-electron chi connectivity index (χ3n) is 6.39. The van der Waals surface area contributed by atoms with Crippen LogP contribution < -0.4 is 18.9 Å². The van der Waals surface area contributed by atoms with Crippen LogP contribution in [-0.2, 0) is 28.5 Å². The molecule has 0 atom stereocenters. The Labute approximate surface area is 274 Å². The van der Waals surface area contributed by atoms with Crippen LogP contribution in [0.3, 0.4) is 0 Å². The lowest BCUT2D eigenvalue weighted by atomic mass is 10.1. The molecule has 3 aromatic carbocycles. The summed E-state index contributed by atoms with van der Waals surface area (Å²) in [5.41, 5.74) is 2.22. The molecule has 14 heteroatoms. The molecule has 0 spiro atoms. The van der Waals surface area contributed by atoms with Crippen molar-refractivity contribution in [2.45, 2.75) is 27.7 Å². The lowest BCUT2D eigenvalue weighted by molar-refractivity contribution is -0.147. The van der Waals surface area contributed by atoms with E-state index in [-0.39, 0.29) is 34.1 Å². The van der Waals surface area contributed by atoms with Crippen LogP contribution in [0.4, 0.5) is 9.59 Å². The molecule has 0 aliphatic rings. The molecule has 0 heterocycles. The minimum absolute atomic E-state index is 0.105. The number of aryl methyl sites for hydroxylation is 2. The molecule has 14 nitrogen and oxygen atoms in total. The first-order chi connectivity index (χ1) is 22.8. The molecule has 0 fully saturated rings. The van der Waals surface area contributed by atoms with Crippen molar-refractivity contribution < 1.29 is 66.7 Å². The number of hydrogen-bond donors (Lipinski definition) is 0. The molecule has 0 radical (unpaired) electrons. The van der Waals surface area contributed by atoms with Crippen LogP contribution in [0.5, 0.6) is 23.0 Å². The number of ether oxygens (including phenoxy) is 8. The van der Waals surface area contributed by atoms with Gasteiger partial charge in [0.15, 0.2) is 0 Å². The van der Waals surface area contributed by atoms with E-state index < -0.39 is 49.8 Å². The molecule has 250 valence electrons. The molecule has 0 saturated heterocycles. The van der Waals surface area contributed by atoms with E-state index in [0.29, 0.717) is 22.3 Å².